The number of aromatic nitrogens is 2. The van der Waals surface area contributed by atoms with Gasteiger partial charge < -0.3 is 5.32 Å². The van der Waals surface area contributed by atoms with E-state index in [0.29, 0.717) is 6.54 Å². The van der Waals surface area contributed by atoms with Gasteiger partial charge in [0.2, 0.25) is 0 Å². The van der Waals surface area contributed by atoms with Gasteiger partial charge in [0.05, 0.1) is 22.2 Å². The van der Waals surface area contributed by atoms with Crippen molar-refractivity contribution in [2.24, 2.45) is 0 Å². The molecule has 1 N–H and O–H groups in total. The first-order valence-electron chi connectivity index (χ1n) is 6.19. The molecule has 1 aromatic heterocycles. The summed E-state index contributed by atoms with van der Waals surface area (Å²) >= 11 is 2.97. The standard InChI is InChI=1S/C14H16BrF2N3/c1-14(2,3)19-7-9-6-18-8-20(9)13-5-11(16)10(15)4-12(13)17/h4-6,8,19H,7H2,1-3H3. The maximum atomic E-state index is 14.0. The zero-order valence-electron chi connectivity index (χ0n) is 11.5. The van der Waals surface area contributed by atoms with Crippen LogP contribution >= 0.6 is 15.9 Å². The maximum absolute atomic E-state index is 14.0. The summed E-state index contributed by atoms with van der Waals surface area (Å²) in [6, 6.07) is 2.27. The molecule has 0 radical (unpaired) electrons. The number of hydrogen-bond acceptors (Lipinski definition) is 2. The van der Waals surface area contributed by atoms with E-state index in [1.807, 2.05) is 20.8 Å². The highest BCUT2D eigenvalue weighted by atomic mass is 79.9. The maximum Gasteiger partial charge on any atom is 0.148 e. The fourth-order valence-electron chi connectivity index (χ4n) is 1.72. The van der Waals surface area contributed by atoms with Gasteiger partial charge in [0.1, 0.15) is 11.6 Å². The first-order valence-corrected chi connectivity index (χ1v) is 6.98. The Balaban J connectivity index is 2.35. The minimum absolute atomic E-state index is 0.0708. The number of imidazole rings is 1. The molecule has 2 aromatic rings. The molecule has 108 valence electrons. The van der Waals surface area contributed by atoms with E-state index in [1.54, 1.807) is 10.8 Å². The second-order valence-electron chi connectivity index (χ2n) is 5.58. The van der Waals surface area contributed by atoms with Gasteiger partial charge in [0, 0.05) is 24.3 Å². The van der Waals surface area contributed by atoms with E-state index in [9.17, 15) is 8.78 Å². The lowest BCUT2D eigenvalue weighted by molar-refractivity contribution is 0.419. The Hall–Kier alpha value is -1.27. The summed E-state index contributed by atoms with van der Waals surface area (Å²) in [6.45, 7) is 6.62. The zero-order valence-corrected chi connectivity index (χ0v) is 13.1. The molecule has 0 fully saturated rings. The van der Waals surface area contributed by atoms with Gasteiger partial charge in [-0.3, -0.25) is 4.57 Å². The summed E-state index contributed by atoms with van der Waals surface area (Å²) in [5.41, 5.74) is 0.841. The van der Waals surface area contributed by atoms with E-state index < -0.39 is 11.6 Å². The largest absolute Gasteiger partial charge is 0.306 e. The molecule has 6 heteroatoms. The minimum Gasteiger partial charge on any atom is -0.306 e. The van der Waals surface area contributed by atoms with Crippen LogP contribution in [0, 0.1) is 11.6 Å². The number of nitrogens with one attached hydrogen (secondary N) is 1. The highest BCUT2D eigenvalue weighted by molar-refractivity contribution is 9.10. The summed E-state index contributed by atoms with van der Waals surface area (Å²) in [4.78, 5) is 4.01. The predicted molar refractivity (Wildman–Crippen MR) is 77.8 cm³/mol. The van der Waals surface area contributed by atoms with E-state index >= 15 is 0 Å². The van der Waals surface area contributed by atoms with Crippen molar-refractivity contribution in [1.82, 2.24) is 14.9 Å². The minimum atomic E-state index is -0.509. The highest BCUT2D eigenvalue weighted by Gasteiger charge is 2.15. The van der Waals surface area contributed by atoms with Crippen molar-refractivity contribution < 1.29 is 8.78 Å². The molecule has 0 atom stereocenters. The third-order valence-electron chi connectivity index (χ3n) is 2.76. The monoisotopic (exact) mass is 343 g/mol. The second kappa shape index (κ2) is 5.61. The van der Waals surface area contributed by atoms with E-state index in [0.717, 1.165) is 17.8 Å². The molecule has 0 aliphatic carbocycles. The fraction of sp³-hybridized carbons (Fsp3) is 0.357. The van der Waals surface area contributed by atoms with E-state index in [1.165, 1.54) is 6.33 Å². The van der Waals surface area contributed by atoms with Gasteiger partial charge in [-0.1, -0.05) is 0 Å². The van der Waals surface area contributed by atoms with E-state index in [-0.39, 0.29) is 15.7 Å². The fourth-order valence-corrected chi connectivity index (χ4v) is 2.04. The molecular weight excluding hydrogens is 328 g/mol. The zero-order chi connectivity index (χ0) is 14.9. The SMILES string of the molecule is CC(C)(C)NCc1cncn1-c1cc(F)c(Br)cc1F. The number of rotatable bonds is 3. The number of benzene rings is 1. The number of halogens is 3. The van der Waals surface area contributed by atoms with Crippen LogP contribution in [-0.2, 0) is 6.54 Å². The third kappa shape index (κ3) is 3.43. The molecule has 0 unspecified atom stereocenters. The van der Waals surface area contributed by atoms with Gasteiger partial charge in [0.25, 0.3) is 0 Å². The van der Waals surface area contributed by atoms with Crippen LogP contribution in [0.25, 0.3) is 5.69 Å². The molecule has 20 heavy (non-hydrogen) atoms. The number of hydrogen-bond donors (Lipinski definition) is 1. The normalized spacial score (nSPS) is 11.9. The van der Waals surface area contributed by atoms with Crippen molar-refractivity contribution in [3.8, 4) is 5.69 Å². The quantitative estimate of drug-likeness (QED) is 0.859. The third-order valence-corrected chi connectivity index (χ3v) is 3.37. The summed E-state index contributed by atoms with van der Waals surface area (Å²) in [5, 5.41) is 3.29. The summed E-state index contributed by atoms with van der Waals surface area (Å²) in [5.74, 6) is -1.02. The van der Waals surface area contributed by atoms with Crippen LogP contribution in [0.4, 0.5) is 8.78 Å². The van der Waals surface area contributed by atoms with Gasteiger partial charge in [-0.25, -0.2) is 13.8 Å². The Morgan fingerprint density at radius 1 is 1.25 bits per heavy atom. The molecule has 0 aliphatic heterocycles. The Labute approximate surface area is 125 Å². The van der Waals surface area contributed by atoms with Crippen LogP contribution in [-0.4, -0.2) is 15.1 Å². The lowest BCUT2D eigenvalue weighted by atomic mass is 10.1. The first kappa shape index (κ1) is 15.1. The molecule has 3 nitrogen and oxygen atoms in total. The molecule has 0 amide bonds. The second-order valence-corrected chi connectivity index (χ2v) is 6.43. The molecular formula is C14H16BrF2N3. The molecule has 0 saturated heterocycles. The summed E-state index contributed by atoms with van der Waals surface area (Å²) in [6.07, 6.45) is 3.11. The van der Waals surface area contributed by atoms with Gasteiger partial charge in [-0.05, 0) is 42.8 Å². The average molecular weight is 344 g/mol. The van der Waals surface area contributed by atoms with Crippen LogP contribution in [0.1, 0.15) is 26.5 Å². The van der Waals surface area contributed by atoms with Crippen molar-refractivity contribution in [2.75, 3.05) is 0 Å². The highest BCUT2D eigenvalue weighted by Crippen LogP contribution is 2.23. The van der Waals surface area contributed by atoms with Crippen LogP contribution in [0.3, 0.4) is 0 Å². The van der Waals surface area contributed by atoms with Crippen molar-refractivity contribution in [2.45, 2.75) is 32.9 Å². The molecule has 1 aromatic carbocycles. The summed E-state index contributed by atoms with van der Waals surface area (Å²) in [7, 11) is 0. The van der Waals surface area contributed by atoms with Crippen LogP contribution < -0.4 is 5.32 Å². The topological polar surface area (TPSA) is 29.9 Å². The van der Waals surface area contributed by atoms with Crippen molar-refractivity contribution in [3.63, 3.8) is 0 Å². The van der Waals surface area contributed by atoms with Crippen molar-refractivity contribution >= 4 is 15.9 Å². The van der Waals surface area contributed by atoms with E-state index in [4.69, 9.17) is 0 Å². The Morgan fingerprint density at radius 3 is 2.60 bits per heavy atom. The Bertz CT molecular complexity index is 617. The molecule has 2 rings (SSSR count). The lowest BCUT2D eigenvalue weighted by Gasteiger charge is -2.21. The Morgan fingerprint density at radius 2 is 1.95 bits per heavy atom. The Kier molecular flexibility index (Phi) is 4.25. The first-order chi connectivity index (χ1) is 9.28. The molecule has 0 spiro atoms. The van der Waals surface area contributed by atoms with Crippen molar-refractivity contribution in [3.05, 3.63) is 46.5 Å². The lowest BCUT2D eigenvalue weighted by Crippen LogP contribution is -2.35. The van der Waals surface area contributed by atoms with Crippen LogP contribution in [0.5, 0.6) is 0 Å². The average Bonchev–Trinajstić information content (AvgIpc) is 2.78. The molecule has 0 saturated carbocycles. The molecule has 1 heterocycles. The summed E-state index contributed by atoms with van der Waals surface area (Å²) < 4.78 is 29.2. The number of nitrogens with zero attached hydrogens (tertiary/aromatic N) is 2. The van der Waals surface area contributed by atoms with Crippen molar-refractivity contribution in [1.29, 1.82) is 0 Å². The van der Waals surface area contributed by atoms with Gasteiger partial charge >= 0.3 is 0 Å². The van der Waals surface area contributed by atoms with Crippen LogP contribution in [0.15, 0.2) is 29.1 Å². The predicted octanol–water partition coefficient (Wildman–Crippen LogP) is 3.80. The van der Waals surface area contributed by atoms with Gasteiger partial charge in [0.15, 0.2) is 0 Å². The van der Waals surface area contributed by atoms with Gasteiger partial charge in [-0.2, -0.15) is 0 Å². The molecule has 0 aliphatic rings. The smallest absolute Gasteiger partial charge is 0.148 e. The van der Waals surface area contributed by atoms with E-state index in [2.05, 4.69) is 26.2 Å². The molecule has 0 bridgehead atoms. The van der Waals surface area contributed by atoms with Gasteiger partial charge in [-0.15, -0.1) is 0 Å². The van der Waals surface area contributed by atoms with Crippen LogP contribution in [0.2, 0.25) is 0 Å².